The minimum absolute atomic E-state index is 0. The molecule has 3 amide bonds. The predicted octanol–water partition coefficient (Wildman–Crippen LogP) is 3.68. The van der Waals surface area contributed by atoms with Gasteiger partial charge in [0.05, 0.1) is 12.1 Å². The van der Waals surface area contributed by atoms with Crippen LogP contribution in [0.3, 0.4) is 0 Å². The van der Waals surface area contributed by atoms with E-state index in [4.69, 9.17) is 22.3 Å². The zero-order chi connectivity index (χ0) is 30.2. The van der Waals surface area contributed by atoms with E-state index in [0.29, 0.717) is 40.7 Å². The molecule has 3 aromatic carbocycles. The number of carboxylic acid groups (broad SMARTS) is 1. The SMILES string of the molecule is Cl.Cl.NC(=O)c1ccc2c(c1)N(C(=O)Cc1csc(N)n1)CC2.NCc1cccc(C(=O)N(CC(=O)O)c2ccccc2)c1. The maximum absolute atomic E-state index is 12.6. The standard InChI is InChI=1S/C16H16N2O3.C14H14N4O2S.2ClH/c17-10-12-5-4-6-13(9-12)16(21)18(11-15(19)20)14-7-2-1-3-8-14;15-13(20)9-2-1-8-3-4-18(11(8)5-9)12(19)6-10-7-21-14(16)17-10;;/h1-9H,10-11,17H2,(H,19,20);1-2,5,7H,3-4,6H2,(H2,15,20)(H2,16,17);2*1H. The maximum atomic E-state index is 12.6. The number of halogens is 2. The molecule has 0 aliphatic carbocycles. The molecule has 44 heavy (non-hydrogen) atoms. The summed E-state index contributed by atoms with van der Waals surface area (Å²) in [6.07, 6.45) is 0.979. The van der Waals surface area contributed by atoms with Crippen LogP contribution in [0.1, 0.15) is 37.5 Å². The molecule has 7 N–H and O–H groups in total. The molecule has 0 saturated carbocycles. The fraction of sp³-hybridized carbons (Fsp3) is 0.167. The third-order valence-electron chi connectivity index (χ3n) is 6.48. The van der Waals surface area contributed by atoms with Gasteiger partial charge in [0.25, 0.3) is 5.91 Å². The summed E-state index contributed by atoms with van der Waals surface area (Å²) in [5.41, 5.74) is 21.1. The average Bonchev–Trinajstić information content (AvgIpc) is 3.61. The van der Waals surface area contributed by atoms with Crippen LogP contribution in [0.5, 0.6) is 0 Å². The zero-order valence-electron chi connectivity index (χ0n) is 23.4. The Morgan fingerprint density at radius 1 is 0.955 bits per heavy atom. The van der Waals surface area contributed by atoms with Crippen molar-refractivity contribution >= 4 is 76.3 Å². The smallest absolute Gasteiger partial charge is 0.323 e. The Morgan fingerprint density at radius 2 is 1.68 bits per heavy atom. The van der Waals surface area contributed by atoms with Crippen molar-refractivity contribution in [2.24, 2.45) is 11.5 Å². The van der Waals surface area contributed by atoms with Crippen molar-refractivity contribution < 1.29 is 24.3 Å². The largest absolute Gasteiger partial charge is 0.480 e. The second-order valence-electron chi connectivity index (χ2n) is 9.38. The van der Waals surface area contributed by atoms with E-state index in [2.05, 4.69) is 4.98 Å². The molecule has 0 atom stereocenters. The van der Waals surface area contributed by atoms with Crippen molar-refractivity contribution in [2.45, 2.75) is 19.4 Å². The number of nitrogen functional groups attached to an aromatic ring is 1. The number of hydrogen-bond donors (Lipinski definition) is 4. The molecule has 1 aromatic heterocycles. The number of benzene rings is 3. The van der Waals surface area contributed by atoms with E-state index in [1.54, 1.807) is 64.9 Å². The summed E-state index contributed by atoms with van der Waals surface area (Å²) < 4.78 is 0. The lowest BCUT2D eigenvalue weighted by Gasteiger charge is -2.21. The number of hydrogen-bond acceptors (Lipinski definition) is 8. The normalized spacial score (nSPS) is 11.2. The molecule has 2 heterocycles. The van der Waals surface area contributed by atoms with Crippen LogP contribution < -0.4 is 27.0 Å². The molecule has 5 rings (SSSR count). The molecule has 4 aromatic rings. The molecule has 0 spiro atoms. The quantitative estimate of drug-likeness (QED) is 0.221. The molecule has 1 aliphatic heterocycles. The first kappa shape index (κ1) is 35.7. The fourth-order valence-electron chi connectivity index (χ4n) is 4.46. The van der Waals surface area contributed by atoms with Crippen LogP contribution >= 0.6 is 36.2 Å². The first-order valence-corrected chi connectivity index (χ1v) is 13.8. The van der Waals surface area contributed by atoms with E-state index in [0.717, 1.165) is 23.2 Å². The molecule has 0 fully saturated rings. The van der Waals surface area contributed by atoms with Crippen molar-refractivity contribution in [1.29, 1.82) is 0 Å². The monoisotopic (exact) mass is 658 g/mol. The number of para-hydroxylation sites is 1. The molecular weight excluding hydrogens is 627 g/mol. The fourth-order valence-corrected chi connectivity index (χ4v) is 5.02. The molecule has 0 radical (unpaired) electrons. The molecule has 11 nitrogen and oxygen atoms in total. The van der Waals surface area contributed by atoms with E-state index in [1.807, 2.05) is 18.2 Å². The summed E-state index contributed by atoms with van der Waals surface area (Å²) in [7, 11) is 0. The number of anilines is 3. The Hall–Kier alpha value is -4.49. The lowest BCUT2D eigenvalue weighted by molar-refractivity contribution is -0.135. The van der Waals surface area contributed by atoms with Crippen LogP contribution in [-0.4, -0.2) is 46.9 Å². The number of aromatic nitrogens is 1. The first-order valence-electron chi connectivity index (χ1n) is 13.0. The Labute approximate surface area is 270 Å². The number of amides is 3. The number of fused-ring (bicyclic) bond motifs is 1. The van der Waals surface area contributed by atoms with E-state index >= 15 is 0 Å². The summed E-state index contributed by atoms with van der Waals surface area (Å²) in [6.45, 7) is 0.539. The molecule has 0 unspecified atom stereocenters. The van der Waals surface area contributed by atoms with Crippen molar-refractivity contribution in [3.8, 4) is 0 Å². The Kier molecular flexibility index (Phi) is 13.3. The van der Waals surface area contributed by atoms with Gasteiger partial charge in [0.1, 0.15) is 6.54 Å². The van der Waals surface area contributed by atoms with Gasteiger partial charge in [-0.25, -0.2) is 4.98 Å². The molecule has 1 aliphatic rings. The van der Waals surface area contributed by atoms with E-state index in [9.17, 15) is 19.2 Å². The van der Waals surface area contributed by atoms with Gasteiger partial charge in [0, 0.05) is 41.0 Å². The highest BCUT2D eigenvalue weighted by molar-refractivity contribution is 7.13. The summed E-state index contributed by atoms with van der Waals surface area (Å²) in [5, 5.41) is 11.3. The Balaban J connectivity index is 0.000000293. The molecule has 14 heteroatoms. The van der Waals surface area contributed by atoms with Crippen LogP contribution in [0.2, 0.25) is 0 Å². The Bertz CT molecular complexity index is 1620. The summed E-state index contributed by atoms with van der Waals surface area (Å²) in [5.74, 6) is -1.98. The Morgan fingerprint density at radius 3 is 2.30 bits per heavy atom. The number of nitrogens with zero attached hydrogens (tertiary/aromatic N) is 3. The minimum Gasteiger partial charge on any atom is -0.480 e. The number of nitrogens with two attached hydrogens (primary N) is 3. The number of rotatable bonds is 8. The maximum Gasteiger partial charge on any atom is 0.323 e. The van der Waals surface area contributed by atoms with Gasteiger partial charge >= 0.3 is 5.97 Å². The topological polar surface area (TPSA) is 186 Å². The third-order valence-corrected chi connectivity index (χ3v) is 7.21. The van der Waals surface area contributed by atoms with E-state index in [-0.39, 0.29) is 43.0 Å². The van der Waals surface area contributed by atoms with Gasteiger partial charge in [-0.15, -0.1) is 36.2 Å². The zero-order valence-corrected chi connectivity index (χ0v) is 25.9. The molecule has 232 valence electrons. The lowest BCUT2D eigenvalue weighted by Crippen LogP contribution is -2.35. The van der Waals surface area contributed by atoms with Gasteiger partial charge in [0.2, 0.25) is 11.8 Å². The van der Waals surface area contributed by atoms with Crippen LogP contribution in [0, 0.1) is 0 Å². The molecule has 0 saturated heterocycles. The van der Waals surface area contributed by atoms with Crippen LogP contribution in [0.15, 0.2) is 78.2 Å². The number of carbonyl (C=O) groups is 4. The highest BCUT2D eigenvalue weighted by Gasteiger charge is 2.26. The predicted molar refractivity (Wildman–Crippen MR) is 176 cm³/mol. The van der Waals surface area contributed by atoms with Gasteiger partial charge in [-0.1, -0.05) is 36.4 Å². The van der Waals surface area contributed by atoms with Gasteiger partial charge in [-0.05, 0) is 53.9 Å². The number of aliphatic carboxylic acids is 1. The van der Waals surface area contributed by atoms with Gasteiger partial charge in [-0.3, -0.25) is 24.1 Å². The number of carbonyl (C=O) groups excluding carboxylic acids is 3. The van der Waals surface area contributed by atoms with Crippen LogP contribution in [-0.2, 0) is 29.0 Å². The van der Waals surface area contributed by atoms with Crippen LogP contribution in [0.4, 0.5) is 16.5 Å². The lowest BCUT2D eigenvalue weighted by atomic mass is 10.1. The number of carboxylic acids is 1. The number of thiazole rings is 1. The highest BCUT2D eigenvalue weighted by atomic mass is 35.5. The van der Waals surface area contributed by atoms with Gasteiger partial charge in [0.15, 0.2) is 5.13 Å². The van der Waals surface area contributed by atoms with Gasteiger partial charge in [-0.2, -0.15) is 0 Å². The van der Waals surface area contributed by atoms with Crippen molar-refractivity contribution in [1.82, 2.24) is 4.98 Å². The van der Waals surface area contributed by atoms with Crippen LogP contribution in [0.25, 0.3) is 0 Å². The van der Waals surface area contributed by atoms with E-state index < -0.39 is 18.4 Å². The summed E-state index contributed by atoms with van der Waals surface area (Å²) in [6, 6.07) is 20.8. The van der Waals surface area contributed by atoms with Gasteiger partial charge < -0.3 is 27.2 Å². The van der Waals surface area contributed by atoms with E-state index in [1.165, 1.54) is 16.2 Å². The average molecular weight is 660 g/mol. The third kappa shape index (κ3) is 9.01. The highest BCUT2D eigenvalue weighted by Crippen LogP contribution is 2.30. The van der Waals surface area contributed by atoms with Crippen molar-refractivity contribution in [2.75, 3.05) is 28.6 Å². The molecule has 0 bridgehead atoms. The second kappa shape index (κ2) is 16.4. The summed E-state index contributed by atoms with van der Waals surface area (Å²) in [4.78, 5) is 54.3. The van der Waals surface area contributed by atoms with Crippen molar-refractivity contribution in [3.63, 3.8) is 0 Å². The number of primary amides is 1. The summed E-state index contributed by atoms with van der Waals surface area (Å²) >= 11 is 1.32. The minimum atomic E-state index is -1.07. The molecular formula is C30H32Cl2N6O5S. The van der Waals surface area contributed by atoms with Crippen molar-refractivity contribution in [3.05, 3.63) is 106 Å². The second-order valence-corrected chi connectivity index (χ2v) is 10.3. The first-order chi connectivity index (χ1) is 20.2.